The summed E-state index contributed by atoms with van der Waals surface area (Å²) >= 11 is 0. The first-order valence-corrected chi connectivity index (χ1v) is 9.72. The molecule has 1 saturated heterocycles. The molecule has 1 aromatic heterocycles. The summed E-state index contributed by atoms with van der Waals surface area (Å²) in [6, 6.07) is 0.502. The Bertz CT molecular complexity index is 509. The van der Waals surface area contributed by atoms with Crippen LogP contribution in [0.5, 0.6) is 0 Å². The summed E-state index contributed by atoms with van der Waals surface area (Å²) in [5.74, 6) is 0.882. The predicted octanol–water partition coefficient (Wildman–Crippen LogP) is 2.18. The van der Waals surface area contributed by atoms with Gasteiger partial charge in [-0.1, -0.05) is 19.3 Å². The number of aryl methyl sites for hydroxylation is 1. The van der Waals surface area contributed by atoms with E-state index in [-0.39, 0.29) is 0 Å². The van der Waals surface area contributed by atoms with Crippen LogP contribution in [0.4, 0.5) is 0 Å². The summed E-state index contributed by atoms with van der Waals surface area (Å²) in [7, 11) is 2.01. The van der Waals surface area contributed by atoms with Crippen LogP contribution in [-0.4, -0.2) is 63.5 Å². The van der Waals surface area contributed by atoms with Gasteiger partial charge < -0.3 is 5.11 Å². The molecule has 1 aliphatic heterocycles. The van der Waals surface area contributed by atoms with E-state index in [1.807, 2.05) is 17.9 Å². The number of aliphatic hydroxyl groups is 1. The quantitative estimate of drug-likeness (QED) is 0.866. The predicted molar refractivity (Wildman–Crippen MR) is 96.9 cm³/mol. The molecule has 1 atom stereocenters. The molecule has 0 amide bonds. The van der Waals surface area contributed by atoms with Crippen LogP contribution in [0, 0.1) is 12.8 Å². The van der Waals surface area contributed by atoms with Gasteiger partial charge in [0.25, 0.3) is 0 Å². The van der Waals surface area contributed by atoms with E-state index in [9.17, 15) is 5.11 Å². The summed E-state index contributed by atoms with van der Waals surface area (Å²) in [4.78, 5) is 5.21. The first-order valence-electron chi connectivity index (χ1n) is 9.72. The van der Waals surface area contributed by atoms with Gasteiger partial charge in [-0.25, -0.2) is 0 Å². The van der Waals surface area contributed by atoms with Crippen LogP contribution in [0.1, 0.15) is 49.8 Å². The lowest BCUT2D eigenvalue weighted by Gasteiger charge is -2.43. The lowest BCUT2D eigenvalue weighted by Crippen LogP contribution is -2.54. The van der Waals surface area contributed by atoms with Crippen LogP contribution in [0.25, 0.3) is 0 Å². The highest BCUT2D eigenvalue weighted by Gasteiger charge is 2.29. The molecule has 0 bridgehead atoms. The summed E-state index contributed by atoms with van der Waals surface area (Å²) < 4.78 is 1.96. The van der Waals surface area contributed by atoms with Crippen molar-refractivity contribution >= 4 is 0 Å². The highest BCUT2D eigenvalue weighted by molar-refractivity contribution is 5.15. The van der Waals surface area contributed by atoms with Crippen molar-refractivity contribution in [3.63, 3.8) is 0 Å². The maximum absolute atomic E-state index is 9.51. The summed E-state index contributed by atoms with van der Waals surface area (Å²) in [6.45, 7) is 8.01. The smallest absolute Gasteiger partial charge is 0.0537 e. The van der Waals surface area contributed by atoms with Crippen LogP contribution in [0.2, 0.25) is 0 Å². The molecular formula is C19H34N4O. The molecule has 2 aliphatic rings. The van der Waals surface area contributed by atoms with Crippen molar-refractivity contribution in [3.8, 4) is 0 Å². The number of aromatic nitrogens is 2. The van der Waals surface area contributed by atoms with Gasteiger partial charge in [-0.05, 0) is 32.1 Å². The number of piperazine rings is 1. The minimum Gasteiger partial charge on any atom is -0.396 e. The number of hydrogen-bond acceptors (Lipinski definition) is 4. The van der Waals surface area contributed by atoms with Crippen LogP contribution >= 0.6 is 0 Å². The number of rotatable bonds is 6. The zero-order valence-electron chi connectivity index (χ0n) is 15.5. The monoisotopic (exact) mass is 334 g/mol. The molecule has 2 fully saturated rings. The Morgan fingerprint density at radius 2 is 2.00 bits per heavy atom. The fraction of sp³-hybridized carbons (Fsp3) is 0.842. The number of hydrogen-bond donors (Lipinski definition) is 1. The Morgan fingerprint density at radius 3 is 2.67 bits per heavy atom. The third-order valence-electron chi connectivity index (χ3n) is 6.10. The zero-order valence-corrected chi connectivity index (χ0v) is 15.5. The zero-order chi connectivity index (χ0) is 16.9. The van der Waals surface area contributed by atoms with E-state index in [4.69, 9.17) is 0 Å². The Morgan fingerprint density at radius 1 is 1.21 bits per heavy atom. The van der Waals surface area contributed by atoms with Crippen LogP contribution in [0.15, 0.2) is 6.20 Å². The lowest BCUT2D eigenvalue weighted by molar-refractivity contribution is 0.0399. The Kier molecular flexibility index (Phi) is 6.31. The maximum Gasteiger partial charge on any atom is 0.0537 e. The first-order chi connectivity index (χ1) is 11.7. The fourth-order valence-electron chi connectivity index (χ4n) is 4.41. The van der Waals surface area contributed by atoms with Crippen molar-refractivity contribution in [3.05, 3.63) is 17.5 Å². The molecule has 5 nitrogen and oxygen atoms in total. The molecule has 1 aliphatic carbocycles. The summed E-state index contributed by atoms with van der Waals surface area (Å²) in [6.07, 6.45) is 9.96. The van der Waals surface area contributed by atoms with Crippen molar-refractivity contribution in [2.24, 2.45) is 13.0 Å². The van der Waals surface area contributed by atoms with Crippen molar-refractivity contribution in [2.75, 3.05) is 32.8 Å². The van der Waals surface area contributed by atoms with E-state index in [0.29, 0.717) is 12.6 Å². The SMILES string of the molecule is Cc1c(CN2CCN(CC3CCCCC3)C(CCO)C2)cnn1C. The van der Waals surface area contributed by atoms with Gasteiger partial charge in [0.05, 0.1) is 6.20 Å². The molecule has 1 unspecified atom stereocenters. The minimum atomic E-state index is 0.297. The number of nitrogens with zero attached hydrogens (tertiary/aromatic N) is 4. The Labute approximate surface area is 146 Å². The van der Waals surface area contributed by atoms with Gasteiger partial charge >= 0.3 is 0 Å². The molecule has 5 heteroatoms. The molecular weight excluding hydrogens is 300 g/mol. The highest BCUT2D eigenvalue weighted by atomic mass is 16.3. The van der Waals surface area contributed by atoms with Crippen LogP contribution in [-0.2, 0) is 13.6 Å². The van der Waals surface area contributed by atoms with Gasteiger partial charge in [0.15, 0.2) is 0 Å². The van der Waals surface area contributed by atoms with Gasteiger partial charge in [0.2, 0.25) is 0 Å². The molecule has 1 saturated carbocycles. The Hall–Kier alpha value is -0.910. The average Bonchev–Trinajstić information content (AvgIpc) is 2.90. The van der Waals surface area contributed by atoms with Gasteiger partial charge in [0, 0.05) is 63.7 Å². The molecule has 0 spiro atoms. The lowest BCUT2D eigenvalue weighted by atomic mass is 9.88. The van der Waals surface area contributed by atoms with Crippen molar-refractivity contribution in [1.82, 2.24) is 19.6 Å². The molecule has 24 heavy (non-hydrogen) atoms. The van der Waals surface area contributed by atoms with E-state index in [1.165, 1.54) is 49.9 Å². The molecule has 3 rings (SSSR count). The van der Waals surface area contributed by atoms with Gasteiger partial charge in [-0.2, -0.15) is 5.10 Å². The second-order valence-corrected chi connectivity index (χ2v) is 7.78. The standard InChI is InChI=1S/C19H34N4O/c1-16-18(12-20-21(16)2)14-22-9-10-23(19(15-22)8-11-24)13-17-6-4-3-5-7-17/h12,17,19,24H,3-11,13-15H2,1-2H3. The fourth-order valence-corrected chi connectivity index (χ4v) is 4.41. The largest absolute Gasteiger partial charge is 0.396 e. The molecule has 1 N–H and O–H groups in total. The molecule has 0 aromatic carbocycles. The second kappa shape index (κ2) is 8.45. The maximum atomic E-state index is 9.51. The number of aliphatic hydroxyl groups excluding tert-OH is 1. The third-order valence-corrected chi connectivity index (χ3v) is 6.10. The third kappa shape index (κ3) is 4.38. The molecule has 1 aromatic rings. The van der Waals surface area contributed by atoms with E-state index >= 15 is 0 Å². The second-order valence-electron chi connectivity index (χ2n) is 7.78. The average molecular weight is 335 g/mol. The van der Waals surface area contributed by atoms with Crippen LogP contribution < -0.4 is 0 Å². The molecule has 0 radical (unpaired) electrons. The summed E-state index contributed by atoms with van der Waals surface area (Å²) in [5.41, 5.74) is 2.60. The van der Waals surface area contributed by atoms with Crippen molar-refractivity contribution in [2.45, 2.75) is 58.0 Å². The molecule has 2 heterocycles. The van der Waals surface area contributed by atoms with Crippen molar-refractivity contribution in [1.29, 1.82) is 0 Å². The van der Waals surface area contributed by atoms with E-state index in [1.54, 1.807) is 0 Å². The van der Waals surface area contributed by atoms with Crippen LogP contribution in [0.3, 0.4) is 0 Å². The Balaban J connectivity index is 1.56. The highest BCUT2D eigenvalue weighted by Crippen LogP contribution is 2.26. The van der Waals surface area contributed by atoms with Gasteiger partial charge in [0.1, 0.15) is 0 Å². The summed E-state index contributed by atoms with van der Waals surface area (Å²) in [5, 5.41) is 13.9. The van der Waals surface area contributed by atoms with Crippen molar-refractivity contribution < 1.29 is 5.11 Å². The first kappa shape index (κ1) is 17.9. The molecule has 136 valence electrons. The van der Waals surface area contributed by atoms with E-state index in [0.717, 1.165) is 38.5 Å². The normalized spacial score (nSPS) is 24.5. The van der Waals surface area contributed by atoms with Gasteiger partial charge in [-0.3, -0.25) is 14.5 Å². The van der Waals surface area contributed by atoms with Gasteiger partial charge in [-0.15, -0.1) is 0 Å². The van der Waals surface area contributed by atoms with E-state index in [2.05, 4.69) is 21.8 Å². The van der Waals surface area contributed by atoms with E-state index < -0.39 is 0 Å². The minimum absolute atomic E-state index is 0.297. The topological polar surface area (TPSA) is 44.5 Å².